The maximum Gasteiger partial charge on any atom is 0.277 e. The molecule has 1 N–H and O–H groups in total. The number of aromatic nitrogens is 2. The Hall–Kier alpha value is -1.87. The van der Waals surface area contributed by atoms with E-state index in [1.54, 1.807) is 0 Å². The molecule has 9 heteroatoms. The average Bonchev–Trinajstić information content (AvgIpc) is 3.15. The topological polar surface area (TPSA) is 102 Å². The van der Waals surface area contributed by atoms with E-state index in [0.717, 1.165) is 16.8 Å². The number of rotatable bonds is 6. The van der Waals surface area contributed by atoms with Crippen LogP contribution in [0.2, 0.25) is 0 Å². The van der Waals surface area contributed by atoms with Crippen LogP contribution in [-0.4, -0.2) is 41.8 Å². The van der Waals surface area contributed by atoms with Crippen molar-refractivity contribution in [2.24, 2.45) is 5.92 Å². The molecule has 0 radical (unpaired) electrons. The number of sulfone groups is 1. The minimum absolute atomic E-state index is 0.0330. The van der Waals surface area contributed by atoms with Gasteiger partial charge < -0.3 is 9.73 Å². The van der Waals surface area contributed by atoms with E-state index >= 15 is 0 Å². The molecule has 140 valence electrons. The summed E-state index contributed by atoms with van der Waals surface area (Å²) >= 11 is 1.17. The fraction of sp³-hybridized carbons (Fsp3) is 0.471. The molecule has 0 unspecified atom stereocenters. The van der Waals surface area contributed by atoms with Crippen molar-refractivity contribution in [1.82, 2.24) is 10.2 Å². The van der Waals surface area contributed by atoms with Gasteiger partial charge in [-0.1, -0.05) is 30.0 Å². The van der Waals surface area contributed by atoms with Crippen LogP contribution in [0.3, 0.4) is 0 Å². The lowest BCUT2D eigenvalue weighted by Crippen LogP contribution is -2.15. The van der Waals surface area contributed by atoms with Gasteiger partial charge in [0, 0.05) is 12.1 Å². The number of nitrogens with zero attached hydrogens (tertiary/aromatic N) is 2. The third kappa shape index (κ3) is 4.85. The van der Waals surface area contributed by atoms with Crippen molar-refractivity contribution < 1.29 is 17.6 Å². The Balaban J connectivity index is 1.51. The fourth-order valence-corrected chi connectivity index (χ4v) is 5.42. The minimum atomic E-state index is -2.92. The van der Waals surface area contributed by atoms with E-state index in [1.807, 2.05) is 32.0 Å². The van der Waals surface area contributed by atoms with Crippen molar-refractivity contribution >= 4 is 33.2 Å². The summed E-state index contributed by atoms with van der Waals surface area (Å²) in [6, 6.07) is 5.84. The molecule has 26 heavy (non-hydrogen) atoms. The zero-order valence-electron chi connectivity index (χ0n) is 14.7. The van der Waals surface area contributed by atoms with Crippen molar-refractivity contribution in [2.45, 2.75) is 31.9 Å². The number of nitrogens with one attached hydrogen (secondary N) is 1. The number of hydrogen-bond donors (Lipinski definition) is 1. The standard InChI is InChI=1S/C17H21N3O4S2/c1-11-4-3-5-12(2)16(11)18-14(21)9-25-17-20-19-15(24-17)8-13-6-7-26(22,23)10-13/h3-5,13H,6-10H2,1-2H3,(H,18,21)/t13-/m0/s1. The third-order valence-corrected chi connectivity index (χ3v) is 6.97. The normalized spacial score (nSPS) is 18.8. The maximum atomic E-state index is 12.2. The van der Waals surface area contributed by atoms with Gasteiger partial charge in [0.25, 0.3) is 5.22 Å². The first-order chi connectivity index (χ1) is 12.3. The Morgan fingerprint density at radius 2 is 2.04 bits per heavy atom. The smallest absolute Gasteiger partial charge is 0.277 e. The van der Waals surface area contributed by atoms with Gasteiger partial charge in [-0.25, -0.2) is 8.42 Å². The Morgan fingerprint density at radius 1 is 1.31 bits per heavy atom. The van der Waals surface area contributed by atoms with Crippen molar-refractivity contribution in [3.8, 4) is 0 Å². The highest BCUT2D eigenvalue weighted by atomic mass is 32.2. The summed E-state index contributed by atoms with van der Waals surface area (Å²) in [5.74, 6) is 0.874. The monoisotopic (exact) mass is 395 g/mol. The van der Waals surface area contributed by atoms with Crippen molar-refractivity contribution in [1.29, 1.82) is 0 Å². The number of carbonyl (C=O) groups excluding carboxylic acids is 1. The Bertz CT molecular complexity index is 888. The predicted octanol–water partition coefficient (Wildman–Crippen LogP) is 2.39. The molecule has 2 heterocycles. The molecule has 1 aliphatic rings. The van der Waals surface area contributed by atoms with Crippen LogP contribution in [0.25, 0.3) is 0 Å². The molecule has 0 bridgehead atoms. The van der Waals surface area contributed by atoms with Crippen LogP contribution in [0.1, 0.15) is 23.4 Å². The van der Waals surface area contributed by atoms with Crippen LogP contribution in [0.4, 0.5) is 5.69 Å². The molecule has 1 aromatic carbocycles. The van der Waals surface area contributed by atoms with E-state index in [0.29, 0.717) is 24.0 Å². The second-order valence-corrected chi connectivity index (χ2v) is 9.69. The molecule has 1 aliphatic heterocycles. The first-order valence-corrected chi connectivity index (χ1v) is 11.1. The summed E-state index contributed by atoms with van der Waals surface area (Å²) in [6.07, 6.45) is 1.09. The Morgan fingerprint density at radius 3 is 2.69 bits per heavy atom. The molecule has 1 saturated heterocycles. The highest BCUT2D eigenvalue weighted by Crippen LogP contribution is 2.24. The molecular weight excluding hydrogens is 374 g/mol. The molecule has 1 amide bonds. The summed E-state index contributed by atoms with van der Waals surface area (Å²) in [5, 5.41) is 11.1. The second-order valence-electron chi connectivity index (χ2n) is 6.54. The van der Waals surface area contributed by atoms with Gasteiger partial charge in [-0.05, 0) is 37.3 Å². The fourth-order valence-electron chi connectivity index (χ4n) is 2.97. The lowest BCUT2D eigenvalue weighted by Gasteiger charge is -2.10. The molecule has 3 rings (SSSR count). The highest BCUT2D eigenvalue weighted by molar-refractivity contribution is 7.99. The molecule has 2 aromatic rings. The summed E-state index contributed by atoms with van der Waals surface area (Å²) in [7, 11) is -2.92. The number of anilines is 1. The van der Waals surface area contributed by atoms with Crippen molar-refractivity contribution in [3.05, 3.63) is 35.2 Å². The second kappa shape index (κ2) is 7.79. The largest absolute Gasteiger partial charge is 0.416 e. The van der Waals surface area contributed by atoms with Crippen LogP contribution >= 0.6 is 11.8 Å². The predicted molar refractivity (Wildman–Crippen MR) is 100 cm³/mol. The summed E-state index contributed by atoms with van der Waals surface area (Å²) in [4.78, 5) is 12.2. The van der Waals surface area contributed by atoms with E-state index in [9.17, 15) is 13.2 Å². The summed E-state index contributed by atoms with van der Waals surface area (Å²) in [6.45, 7) is 3.90. The van der Waals surface area contributed by atoms with Crippen molar-refractivity contribution in [2.75, 3.05) is 22.6 Å². The number of benzene rings is 1. The van der Waals surface area contributed by atoms with E-state index in [1.165, 1.54) is 11.8 Å². The van der Waals surface area contributed by atoms with E-state index < -0.39 is 9.84 Å². The van der Waals surface area contributed by atoms with E-state index in [2.05, 4.69) is 15.5 Å². The number of para-hydroxylation sites is 1. The number of amides is 1. The zero-order valence-corrected chi connectivity index (χ0v) is 16.3. The third-order valence-electron chi connectivity index (χ3n) is 4.31. The molecule has 0 spiro atoms. The Labute approximate surface area is 156 Å². The Kier molecular flexibility index (Phi) is 5.67. The lowest BCUT2D eigenvalue weighted by atomic mass is 10.1. The molecule has 0 saturated carbocycles. The number of aryl methyl sites for hydroxylation is 2. The molecule has 7 nitrogen and oxygen atoms in total. The van der Waals surface area contributed by atoms with Crippen LogP contribution in [0.15, 0.2) is 27.8 Å². The van der Waals surface area contributed by atoms with Crippen LogP contribution in [0.5, 0.6) is 0 Å². The van der Waals surface area contributed by atoms with Crippen LogP contribution in [-0.2, 0) is 21.1 Å². The summed E-state index contributed by atoms with van der Waals surface area (Å²) < 4.78 is 28.5. The van der Waals surface area contributed by atoms with Gasteiger partial charge in [0.1, 0.15) is 0 Å². The van der Waals surface area contributed by atoms with Crippen LogP contribution in [0, 0.1) is 19.8 Å². The quantitative estimate of drug-likeness (QED) is 0.749. The molecule has 0 aliphatic carbocycles. The van der Waals surface area contributed by atoms with E-state index in [-0.39, 0.29) is 29.1 Å². The minimum Gasteiger partial charge on any atom is -0.416 e. The SMILES string of the molecule is Cc1cccc(C)c1NC(=O)CSc1nnc(C[C@@H]2CCS(=O)(=O)C2)o1. The van der Waals surface area contributed by atoms with Crippen molar-refractivity contribution in [3.63, 3.8) is 0 Å². The van der Waals surface area contributed by atoms with Gasteiger partial charge in [0.15, 0.2) is 9.84 Å². The van der Waals surface area contributed by atoms with Crippen LogP contribution < -0.4 is 5.32 Å². The highest BCUT2D eigenvalue weighted by Gasteiger charge is 2.29. The van der Waals surface area contributed by atoms with Gasteiger partial charge >= 0.3 is 0 Å². The average molecular weight is 396 g/mol. The molecular formula is C17H21N3O4S2. The maximum absolute atomic E-state index is 12.2. The molecule has 1 aromatic heterocycles. The first kappa shape index (κ1) is 18.9. The zero-order chi connectivity index (χ0) is 18.7. The first-order valence-electron chi connectivity index (χ1n) is 8.34. The lowest BCUT2D eigenvalue weighted by molar-refractivity contribution is -0.113. The van der Waals surface area contributed by atoms with Gasteiger partial charge in [-0.15, -0.1) is 10.2 Å². The van der Waals surface area contributed by atoms with Gasteiger partial charge in [0.2, 0.25) is 11.8 Å². The van der Waals surface area contributed by atoms with Gasteiger partial charge in [-0.3, -0.25) is 4.79 Å². The number of carbonyl (C=O) groups is 1. The van der Waals surface area contributed by atoms with Gasteiger partial charge in [-0.2, -0.15) is 0 Å². The number of thioether (sulfide) groups is 1. The molecule has 1 atom stereocenters. The summed E-state index contributed by atoms with van der Waals surface area (Å²) in [5.41, 5.74) is 2.84. The van der Waals surface area contributed by atoms with Gasteiger partial charge in [0.05, 0.1) is 17.3 Å². The number of hydrogen-bond acceptors (Lipinski definition) is 7. The molecule has 1 fully saturated rings. The van der Waals surface area contributed by atoms with E-state index in [4.69, 9.17) is 4.42 Å².